The number of halogens is 1. The van der Waals surface area contributed by atoms with Gasteiger partial charge in [0.25, 0.3) is 0 Å². The Morgan fingerprint density at radius 3 is 1.94 bits per heavy atom. The van der Waals surface area contributed by atoms with E-state index in [0.717, 1.165) is 23.7 Å². The van der Waals surface area contributed by atoms with Gasteiger partial charge in [0.2, 0.25) is 10.0 Å². The van der Waals surface area contributed by atoms with Crippen molar-refractivity contribution < 1.29 is 8.42 Å². The quantitative estimate of drug-likeness (QED) is 0.717. The molecule has 1 aromatic rings. The van der Waals surface area contributed by atoms with Gasteiger partial charge in [-0.05, 0) is 30.5 Å². The van der Waals surface area contributed by atoms with Gasteiger partial charge in [0.05, 0.1) is 4.90 Å². The minimum Gasteiger partial charge on any atom is -0.207 e. The summed E-state index contributed by atoms with van der Waals surface area (Å²) in [6, 6.07) is 7.06. The summed E-state index contributed by atoms with van der Waals surface area (Å²) in [7, 11) is -3.33. The molecule has 5 heteroatoms. The molecule has 0 bridgehead atoms. The maximum Gasteiger partial charge on any atom is 0.243 e. The number of alkyl halides is 1. The molecule has 0 radical (unpaired) electrons. The van der Waals surface area contributed by atoms with Gasteiger partial charge in [-0.15, -0.1) is 0 Å². The van der Waals surface area contributed by atoms with Crippen molar-refractivity contribution in [3.63, 3.8) is 0 Å². The van der Waals surface area contributed by atoms with Gasteiger partial charge in [-0.2, -0.15) is 4.31 Å². The Morgan fingerprint density at radius 2 is 1.56 bits per heavy atom. The van der Waals surface area contributed by atoms with Crippen LogP contribution in [0.3, 0.4) is 0 Å². The van der Waals surface area contributed by atoms with Gasteiger partial charge in [0.15, 0.2) is 0 Å². The fourth-order valence-electron chi connectivity index (χ4n) is 1.75. The summed E-state index contributed by atoms with van der Waals surface area (Å²) < 4.78 is 26.4. The van der Waals surface area contributed by atoms with Crippen molar-refractivity contribution in [2.45, 2.75) is 36.9 Å². The molecule has 0 aliphatic rings. The predicted octanol–water partition coefficient (Wildman–Crippen LogP) is 3.39. The lowest BCUT2D eigenvalue weighted by Crippen LogP contribution is -2.32. The first kappa shape index (κ1) is 15.7. The number of hydrogen-bond donors (Lipinski definition) is 0. The van der Waals surface area contributed by atoms with Crippen LogP contribution in [0.15, 0.2) is 29.2 Å². The van der Waals surface area contributed by atoms with Crippen molar-refractivity contribution in [3.05, 3.63) is 29.8 Å². The number of benzene rings is 1. The van der Waals surface area contributed by atoms with Crippen LogP contribution in [-0.2, 0) is 15.4 Å². The highest BCUT2D eigenvalue weighted by atomic mass is 79.9. The molecule has 0 atom stereocenters. The maximum atomic E-state index is 12.4. The topological polar surface area (TPSA) is 37.4 Å². The number of sulfonamides is 1. The first-order valence-corrected chi connectivity index (χ1v) is 8.77. The largest absolute Gasteiger partial charge is 0.243 e. The molecule has 0 aliphatic carbocycles. The van der Waals surface area contributed by atoms with Crippen LogP contribution in [0.2, 0.25) is 0 Å². The summed E-state index contributed by atoms with van der Waals surface area (Å²) in [5.41, 5.74) is 1.08. The summed E-state index contributed by atoms with van der Waals surface area (Å²) >= 11 is 3.35. The first-order chi connectivity index (χ1) is 8.56. The second-order valence-electron chi connectivity index (χ2n) is 4.18. The molecule has 0 aromatic heterocycles. The minimum absolute atomic E-state index is 0.383. The van der Waals surface area contributed by atoms with Gasteiger partial charge in [0, 0.05) is 18.4 Å². The zero-order valence-corrected chi connectivity index (χ0v) is 13.3. The Morgan fingerprint density at radius 1 is 1.06 bits per heavy atom. The van der Waals surface area contributed by atoms with Crippen LogP contribution in [-0.4, -0.2) is 25.8 Å². The van der Waals surface area contributed by atoms with E-state index in [1.165, 1.54) is 0 Å². The lowest BCUT2D eigenvalue weighted by Gasteiger charge is -2.21. The number of hydrogen-bond acceptors (Lipinski definition) is 2. The van der Waals surface area contributed by atoms with Crippen LogP contribution in [0.25, 0.3) is 0 Å². The van der Waals surface area contributed by atoms with Crippen LogP contribution < -0.4 is 0 Å². The fourth-order valence-corrected chi connectivity index (χ4v) is 3.75. The second-order valence-corrected chi connectivity index (χ2v) is 6.68. The number of rotatable bonds is 7. The predicted molar refractivity (Wildman–Crippen MR) is 78.4 cm³/mol. The van der Waals surface area contributed by atoms with E-state index in [-0.39, 0.29) is 0 Å². The molecule has 0 unspecified atom stereocenters. The molecule has 0 N–H and O–H groups in total. The molecule has 0 fully saturated rings. The van der Waals surface area contributed by atoms with E-state index in [9.17, 15) is 8.42 Å². The van der Waals surface area contributed by atoms with E-state index < -0.39 is 10.0 Å². The van der Waals surface area contributed by atoms with Gasteiger partial charge in [-0.1, -0.05) is 41.9 Å². The summed E-state index contributed by atoms with van der Waals surface area (Å²) in [5, 5.41) is 0.737. The Balaban J connectivity index is 3.01. The van der Waals surface area contributed by atoms with Gasteiger partial charge in [0.1, 0.15) is 0 Å². The van der Waals surface area contributed by atoms with Crippen LogP contribution in [0.1, 0.15) is 32.3 Å². The minimum atomic E-state index is -3.33. The Labute approximate surface area is 118 Å². The van der Waals surface area contributed by atoms with Crippen molar-refractivity contribution in [1.29, 1.82) is 0 Å². The summed E-state index contributed by atoms with van der Waals surface area (Å²) in [6.45, 7) is 5.14. The third kappa shape index (κ3) is 3.80. The smallest absolute Gasteiger partial charge is 0.207 e. The molecule has 0 heterocycles. The van der Waals surface area contributed by atoms with Crippen molar-refractivity contribution >= 4 is 26.0 Å². The highest BCUT2D eigenvalue weighted by Crippen LogP contribution is 2.18. The maximum absolute atomic E-state index is 12.4. The standard InChI is InChI=1S/C13H20BrNO2S/c1-3-9-15(10-4-2)18(16,17)13-7-5-12(11-14)6-8-13/h5-8H,3-4,9-11H2,1-2H3. The van der Waals surface area contributed by atoms with E-state index in [1.54, 1.807) is 16.4 Å². The Bertz CT molecular complexity index is 450. The van der Waals surface area contributed by atoms with Crippen molar-refractivity contribution in [1.82, 2.24) is 4.31 Å². The molecule has 3 nitrogen and oxygen atoms in total. The lowest BCUT2D eigenvalue weighted by molar-refractivity contribution is 0.410. The van der Waals surface area contributed by atoms with Crippen LogP contribution >= 0.6 is 15.9 Å². The average molecular weight is 334 g/mol. The fraction of sp³-hybridized carbons (Fsp3) is 0.538. The molecule has 102 valence electrons. The van der Waals surface area contributed by atoms with Crippen molar-refractivity contribution in [3.8, 4) is 0 Å². The van der Waals surface area contributed by atoms with Crippen molar-refractivity contribution in [2.75, 3.05) is 13.1 Å². The van der Waals surface area contributed by atoms with E-state index in [0.29, 0.717) is 18.0 Å². The molecule has 0 saturated carbocycles. The zero-order chi connectivity index (χ0) is 13.6. The molecule has 1 rings (SSSR count). The highest BCUT2D eigenvalue weighted by molar-refractivity contribution is 9.08. The van der Waals surface area contributed by atoms with E-state index in [1.807, 2.05) is 26.0 Å². The molecular formula is C13H20BrNO2S. The van der Waals surface area contributed by atoms with Crippen molar-refractivity contribution in [2.24, 2.45) is 0 Å². The monoisotopic (exact) mass is 333 g/mol. The molecule has 0 aliphatic heterocycles. The second kappa shape index (κ2) is 7.26. The van der Waals surface area contributed by atoms with Gasteiger partial charge in [-0.25, -0.2) is 8.42 Å². The van der Waals surface area contributed by atoms with Crippen LogP contribution in [0.5, 0.6) is 0 Å². The highest BCUT2D eigenvalue weighted by Gasteiger charge is 2.22. The normalized spacial score (nSPS) is 12.0. The molecule has 18 heavy (non-hydrogen) atoms. The molecular weight excluding hydrogens is 314 g/mol. The average Bonchev–Trinajstić information content (AvgIpc) is 2.38. The molecule has 0 amide bonds. The van der Waals surface area contributed by atoms with Gasteiger partial charge < -0.3 is 0 Å². The lowest BCUT2D eigenvalue weighted by atomic mass is 10.2. The van der Waals surface area contributed by atoms with Crippen LogP contribution in [0, 0.1) is 0 Å². The molecule has 0 saturated heterocycles. The van der Waals surface area contributed by atoms with E-state index in [4.69, 9.17) is 0 Å². The van der Waals surface area contributed by atoms with E-state index in [2.05, 4.69) is 15.9 Å². The first-order valence-electron chi connectivity index (χ1n) is 6.21. The van der Waals surface area contributed by atoms with Gasteiger partial charge in [-0.3, -0.25) is 0 Å². The summed E-state index contributed by atoms with van der Waals surface area (Å²) in [6.07, 6.45) is 1.66. The third-order valence-electron chi connectivity index (χ3n) is 2.66. The zero-order valence-electron chi connectivity index (χ0n) is 10.9. The number of nitrogens with zero attached hydrogens (tertiary/aromatic N) is 1. The van der Waals surface area contributed by atoms with Crippen LogP contribution in [0.4, 0.5) is 0 Å². The third-order valence-corrected chi connectivity index (χ3v) is 5.22. The van der Waals surface area contributed by atoms with E-state index >= 15 is 0 Å². The Kier molecular flexibility index (Phi) is 6.32. The van der Waals surface area contributed by atoms with Gasteiger partial charge >= 0.3 is 0 Å². The summed E-state index contributed by atoms with van der Waals surface area (Å²) in [5.74, 6) is 0. The molecule has 0 spiro atoms. The molecule has 1 aromatic carbocycles. The summed E-state index contributed by atoms with van der Waals surface area (Å²) in [4.78, 5) is 0.383. The SMILES string of the molecule is CCCN(CCC)S(=O)(=O)c1ccc(CBr)cc1. The Hall–Kier alpha value is -0.390.